The summed E-state index contributed by atoms with van der Waals surface area (Å²) in [5.74, 6) is 0.470. The van der Waals surface area contributed by atoms with Crippen LogP contribution in [-0.2, 0) is 9.47 Å². The molecule has 1 amide bonds. The minimum absolute atomic E-state index is 0.0309. The fraction of sp³-hybridized carbons (Fsp3) is 0.556. The Kier molecular flexibility index (Phi) is 4.04. The minimum atomic E-state index is -0.509. The normalized spacial score (nSPS) is 28.7. The van der Waals surface area contributed by atoms with Crippen LogP contribution in [-0.4, -0.2) is 29.8 Å². The zero-order valence-electron chi connectivity index (χ0n) is 13.7. The quantitative estimate of drug-likeness (QED) is 0.870. The zero-order chi connectivity index (χ0) is 16.6. The maximum Gasteiger partial charge on any atom is 0.407 e. The van der Waals surface area contributed by atoms with E-state index in [9.17, 15) is 9.59 Å². The van der Waals surface area contributed by atoms with Crippen LogP contribution in [0.2, 0.25) is 0 Å². The molecule has 0 aliphatic heterocycles. The Morgan fingerprint density at radius 2 is 1.78 bits per heavy atom. The van der Waals surface area contributed by atoms with Crippen molar-refractivity contribution in [3.8, 4) is 0 Å². The van der Waals surface area contributed by atoms with E-state index in [0.29, 0.717) is 23.8 Å². The molecule has 3 rings (SSSR count). The maximum atomic E-state index is 12.1. The highest BCUT2D eigenvalue weighted by atomic mass is 16.6. The van der Waals surface area contributed by atoms with Gasteiger partial charge in [0.25, 0.3) is 0 Å². The molecule has 0 aromatic heterocycles. The van der Waals surface area contributed by atoms with E-state index in [1.807, 2.05) is 39.0 Å². The third-order valence-corrected chi connectivity index (χ3v) is 4.34. The van der Waals surface area contributed by atoms with Gasteiger partial charge in [-0.1, -0.05) is 18.2 Å². The van der Waals surface area contributed by atoms with Crippen LogP contribution in [0.3, 0.4) is 0 Å². The van der Waals surface area contributed by atoms with Gasteiger partial charge in [-0.25, -0.2) is 9.59 Å². The molecule has 0 spiro atoms. The van der Waals surface area contributed by atoms with Crippen LogP contribution >= 0.6 is 0 Å². The predicted octanol–water partition coefficient (Wildman–Crippen LogP) is 3.15. The van der Waals surface area contributed by atoms with Crippen LogP contribution in [0.4, 0.5) is 4.79 Å². The maximum absolute atomic E-state index is 12.1. The first-order chi connectivity index (χ1) is 10.8. The molecular weight excluding hydrogens is 294 g/mol. The Balaban J connectivity index is 1.53. The van der Waals surface area contributed by atoms with Gasteiger partial charge in [-0.05, 0) is 45.2 Å². The molecule has 1 aromatic carbocycles. The average Bonchev–Trinajstić information content (AvgIpc) is 3.19. The third-order valence-electron chi connectivity index (χ3n) is 4.34. The van der Waals surface area contributed by atoms with E-state index in [4.69, 9.17) is 9.47 Å². The van der Waals surface area contributed by atoms with Gasteiger partial charge in [0.2, 0.25) is 0 Å². The van der Waals surface area contributed by atoms with Crippen LogP contribution in [0.1, 0.15) is 44.0 Å². The Morgan fingerprint density at radius 3 is 2.43 bits per heavy atom. The molecule has 2 aliphatic carbocycles. The predicted molar refractivity (Wildman–Crippen MR) is 85.0 cm³/mol. The van der Waals surface area contributed by atoms with Gasteiger partial charge in [-0.3, -0.25) is 0 Å². The van der Waals surface area contributed by atoms with Crippen LogP contribution in [0, 0.1) is 11.8 Å². The molecule has 0 heterocycles. The van der Waals surface area contributed by atoms with Gasteiger partial charge in [0.1, 0.15) is 11.7 Å². The molecule has 1 aromatic rings. The van der Waals surface area contributed by atoms with Crippen LogP contribution in [0.15, 0.2) is 30.3 Å². The largest absolute Gasteiger partial charge is 0.458 e. The molecule has 5 heteroatoms. The molecule has 0 saturated heterocycles. The van der Waals surface area contributed by atoms with Crippen molar-refractivity contribution in [2.24, 2.45) is 11.8 Å². The summed E-state index contributed by atoms with van der Waals surface area (Å²) >= 11 is 0. The number of hydrogen-bond acceptors (Lipinski definition) is 4. The molecule has 2 aliphatic rings. The first-order valence-electron chi connectivity index (χ1n) is 8.09. The fourth-order valence-electron chi connectivity index (χ4n) is 3.27. The van der Waals surface area contributed by atoms with Crippen molar-refractivity contribution in [1.82, 2.24) is 5.32 Å². The molecule has 124 valence electrons. The van der Waals surface area contributed by atoms with E-state index >= 15 is 0 Å². The lowest BCUT2D eigenvalue weighted by Gasteiger charge is -2.23. The Bertz CT molecular complexity index is 593. The molecule has 0 radical (unpaired) electrons. The number of nitrogens with one attached hydrogen (secondary N) is 1. The SMILES string of the molecule is CC(C)(C)OC(=O)N[C@@H]1C[C@H](OC(=O)c2ccccc2)[C@H]2C[C@H]21. The van der Waals surface area contributed by atoms with Gasteiger partial charge in [0.15, 0.2) is 0 Å². The number of fused-ring (bicyclic) bond motifs is 1. The molecule has 1 N–H and O–H groups in total. The highest BCUT2D eigenvalue weighted by Gasteiger charge is 2.56. The summed E-state index contributed by atoms with van der Waals surface area (Å²) in [7, 11) is 0. The van der Waals surface area contributed by atoms with E-state index < -0.39 is 11.7 Å². The summed E-state index contributed by atoms with van der Waals surface area (Å²) in [6, 6.07) is 9.03. The van der Waals surface area contributed by atoms with Crippen molar-refractivity contribution >= 4 is 12.1 Å². The second-order valence-corrected chi connectivity index (χ2v) is 7.36. The monoisotopic (exact) mass is 317 g/mol. The summed E-state index contributed by atoms with van der Waals surface area (Å²) in [5.41, 5.74) is 0.0541. The molecule has 2 saturated carbocycles. The van der Waals surface area contributed by atoms with E-state index in [2.05, 4.69) is 5.32 Å². The van der Waals surface area contributed by atoms with E-state index in [-0.39, 0.29) is 18.1 Å². The smallest absolute Gasteiger partial charge is 0.407 e. The van der Waals surface area contributed by atoms with Gasteiger partial charge in [-0.2, -0.15) is 0 Å². The van der Waals surface area contributed by atoms with Crippen LogP contribution < -0.4 is 5.32 Å². The highest BCUT2D eigenvalue weighted by molar-refractivity contribution is 5.89. The minimum Gasteiger partial charge on any atom is -0.458 e. The molecule has 23 heavy (non-hydrogen) atoms. The van der Waals surface area contributed by atoms with Gasteiger partial charge in [0.05, 0.1) is 5.56 Å². The van der Waals surface area contributed by atoms with Gasteiger partial charge >= 0.3 is 12.1 Å². The number of esters is 1. The Hall–Kier alpha value is -2.04. The Labute approximate surface area is 136 Å². The van der Waals surface area contributed by atoms with Crippen molar-refractivity contribution in [3.63, 3.8) is 0 Å². The van der Waals surface area contributed by atoms with E-state index in [1.165, 1.54) is 0 Å². The van der Waals surface area contributed by atoms with Crippen molar-refractivity contribution in [3.05, 3.63) is 35.9 Å². The van der Waals surface area contributed by atoms with E-state index in [0.717, 1.165) is 6.42 Å². The fourth-order valence-corrected chi connectivity index (χ4v) is 3.27. The topological polar surface area (TPSA) is 64.6 Å². The first-order valence-corrected chi connectivity index (χ1v) is 8.09. The first kappa shape index (κ1) is 15.8. The van der Waals surface area contributed by atoms with Gasteiger partial charge < -0.3 is 14.8 Å². The number of hydrogen-bond donors (Lipinski definition) is 1. The average molecular weight is 317 g/mol. The molecule has 0 unspecified atom stereocenters. The lowest BCUT2D eigenvalue weighted by Crippen LogP contribution is -2.40. The number of ether oxygens (including phenoxy) is 2. The number of amides is 1. The van der Waals surface area contributed by atoms with Gasteiger partial charge in [-0.15, -0.1) is 0 Å². The van der Waals surface area contributed by atoms with E-state index in [1.54, 1.807) is 12.1 Å². The summed E-state index contributed by atoms with van der Waals surface area (Å²) in [6.45, 7) is 5.52. The van der Waals surface area contributed by atoms with Crippen LogP contribution in [0.25, 0.3) is 0 Å². The van der Waals surface area contributed by atoms with Crippen molar-refractivity contribution < 1.29 is 19.1 Å². The van der Waals surface area contributed by atoms with Crippen molar-refractivity contribution in [2.75, 3.05) is 0 Å². The second kappa shape index (κ2) is 5.87. The van der Waals surface area contributed by atoms with Crippen molar-refractivity contribution in [1.29, 1.82) is 0 Å². The number of carbonyl (C=O) groups is 2. The standard InChI is InChI=1S/C18H23NO4/c1-18(2,3)23-17(21)19-14-10-15(13-9-12(13)14)22-16(20)11-7-5-4-6-8-11/h4-8,12-15H,9-10H2,1-3H3,(H,19,21)/t12-,13+,14-,15+/m1/s1. The number of rotatable bonds is 3. The summed E-state index contributed by atoms with van der Waals surface area (Å²) < 4.78 is 10.9. The molecular formula is C18H23NO4. The number of alkyl carbamates (subject to hydrolysis) is 1. The lowest BCUT2D eigenvalue weighted by atomic mass is 10.1. The lowest BCUT2D eigenvalue weighted by molar-refractivity contribution is 0.0254. The molecule has 5 nitrogen and oxygen atoms in total. The third kappa shape index (κ3) is 3.84. The van der Waals surface area contributed by atoms with Crippen molar-refractivity contribution in [2.45, 2.75) is 51.4 Å². The summed E-state index contributed by atoms with van der Waals surface area (Å²) in [6.07, 6.45) is 1.14. The van der Waals surface area contributed by atoms with Crippen LogP contribution in [0.5, 0.6) is 0 Å². The summed E-state index contributed by atoms with van der Waals surface area (Å²) in [4.78, 5) is 24.0. The number of carbonyl (C=O) groups excluding carboxylic acids is 2. The molecule has 4 atom stereocenters. The molecule has 0 bridgehead atoms. The summed E-state index contributed by atoms with van der Waals surface area (Å²) in [5, 5.41) is 2.92. The zero-order valence-corrected chi connectivity index (χ0v) is 13.7. The van der Waals surface area contributed by atoms with Gasteiger partial charge in [0, 0.05) is 18.4 Å². The second-order valence-electron chi connectivity index (χ2n) is 7.36. The molecule has 2 fully saturated rings. The Morgan fingerprint density at radius 1 is 1.09 bits per heavy atom. The number of benzene rings is 1. The highest BCUT2D eigenvalue weighted by Crippen LogP contribution is 2.53.